The van der Waals surface area contributed by atoms with E-state index in [0.717, 1.165) is 36.8 Å². The summed E-state index contributed by atoms with van der Waals surface area (Å²) in [7, 11) is 0. The van der Waals surface area contributed by atoms with Gasteiger partial charge in [-0.1, -0.05) is 25.7 Å². The summed E-state index contributed by atoms with van der Waals surface area (Å²) in [5.74, 6) is 0.866. The van der Waals surface area contributed by atoms with E-state index in [1.54, 1.807) is 6.20 Å². The van der Waals surface area contributed by atoms with Gasteiger partial charge in [-0.25, -0.2) is 0 Å². The predicted octanol–water partition coefficient (Wildman–Crippen LogP) is 3.52. The Hall–Kier alpha value is -1.58. The second kappa shape index (κ2) is 8.01. The highest BCUT2D eigenvalue weighted by molar-refractivity contribution is 5.99. The molecular formula is C17H27N3O. The van der Waals surface area contributed by atoms with Crippen LogP contribution >= 0.6 is 0 Å². The van der Waals surface area contributed by atoms with Crippen molar-refractivity contribution in [1.82, 2.24) is 10.3 Å². The summed E-state index contributed by atoms with van der Waals surface area (Å²) < 4.78 is 0. The fraction of sp³-hybridized carbons (Fsp3) is 0.647. The molecule has 1 amide bonds. The number of hydrogen-bond acceptors (Lipinski definition) is 3. The van der Waals surface area contributed by atoms with Gasteiger partial charge < -0.3 is 10.6 Å². The van der Waals surface area contributed by atoms with Crippen molar-refractivity contribution in [2.75, 3.05) is 18.4 Å². The van der Waals surface area contributed by atoms with E-state index in [9.17, 15) is 4.79 Å². The summed E-state index contributed by atoms with van der Waals surface area (Å²) in [6.07, 6.45) is 9.51. The molecule has 0 aliphatic heterocycles. The number of nitrogens with zero attached hydrogens (tertiary/aromatic N) is 1. The number of carbonyl (C=O) groups is 1. The van der Waals surface area contributed by atoms with E-state index in [1.165, 1.54) is 32.1 Å². The van der Waals surface area contributed by atoms with Crippen LogP contribution in [0.15, 0.2) is 12.3 Å². The zero-order valence-electron chi connectivity index (χ0n) is 13.2. The fourth-order valence-corrected chi connectivity index (χ4v) is 3.06. The maximum Gasteiger partial charge on any atom is 0.254 e. The Kier molecular flexibility index (Phi) is 6.03. The third-order valence-corrected chi connectivity index (χ3v) is 4.20. The second-order valence-corrected chi connectivity index (χ2v) is 5.95. The molecule has 116 valence electrons. The minimum atomic E-state index is -0.0233. The Morgan fingerprint density at radius 3 is 2.86 bits per heavy atom. The molecule has 1 aliphatic carbocycles. The van der Waals surface area contributed by atoms with Crippen LogP contribution in [0.2, 0.25) is 0 Å². The summed E-state index contributed by atoms with van der Waals surface area (Å²) >= 11 is 0. The van der Waals surface area contributed by atoms with Crippen LogP contribution in [-0.2, 0) is 0 Å². The largest absolute Gasteiger partial charge is 0.385 e. The minimum Gasteiger partial charge on any atom is -0.385 e. The van der Waals surface area contributed by atoms with Crippen molar-refractivity contribution < 1.29 is 4.79 Å². The van der Waals surface area contributed by atoms with E-state index in [-0.39, 0.29) is 5.91 Å². The van der Waals surface area contributed by atoms with Crippen molar-refractivity contribution in [1.29, 1.82) is 0 Å². The summed E-state index contributed by atoms with van der Waals surface area (Å²) in [4.78, 5) is 16.5. The van der Waals surface area contributed by atoms with Gasteiger partial charge in [-0.05, 0) is 38.7 Å². The Labute approximate surface area is 127 Å². The SMILES string of the molecule is CCNc1cc(C)ncc1C(=O)NCCCC1CCCC1. The first-order valence-electron chi connectivity index (χ1n) is 8.19. The van der Waals surface area contributed by atoms with Crippen LogP contribution in [-0.4, -0.2) is 24.0 Å². The molecule has 21 heavy (non-hydrogen) atoms. The zero-order chi connectivity index (χ0) is 15.1. The lowest BCUT2D eigenvalue weighted by atomic mass is 10.0. The molecular weight excluding hydrogens is 262 g/mol. The van der Waals surface area contributed by atoms with Gasteiger partial charge in [-0.3, -0.25) is 9.78 Å². The first-order chi connectivity index (χ1) is 10.2. The number of aromatic nitrogens is 1. The quantitative estimate of drug-likeness (QED) is 0.755. The highest BCUT2D eigenvalue weighted by Gasteiger charge is 2.15. The normalized spacial score (nSPS) is 15.1. The second-order valence-electron chi connectivity index (χ2n) is 5.95. The number of rotatable bonds is 7. The third-order valence-electron chi connectivity index (χ3n) is 4.20. The predicted molar refractivity (Wildman–Crippen MR) is 86.7 cm³/mol. The van der Waals surface area contributed by atoms with Crippen molar-refractivity contribution >= 4 is 11.6 Å². The molecule has 1 heterocycles. The highest BCUT2D eigenvalue weighted by Crippen LogP contribution is 2.28. The Balaban J connectivity index is 1.81. The van der Waals surface area contributed by atoms with E-state index < -0.39 is 0 Å². The molecule has 0 bridgehead atoms. The topological polar surface area (TPSA) is 54.0 Å². The van der Waals surface area contributed by atoms with Gasteiger partial charge in [0.2, 0.25) is 0 Å². The molecule has 0 spiro atoms. The van der Waals surface area contributed by atoms with Crippen LogP contribution in [0.3, 0.4) is 0 Å². The molecule has 4 nitrogen and oxygen atoms in total. The van der Waals surface area contributed by atoms with E-state index in [1.807, 2.05) is 19.9 Å². The molecule has 0 aromatic carbocycles. The summed E-state index contributed by atoms with van der Waals surface area (Å²) in [5.41, 5.74) is 2.44. The summed E-state index contributed by atoms with van der Waals surface area (Å²) in [5, 5.41) is 6.25. The van der Waals surface area contributed by atoms with Gasteiger partial charge in [0, 0.05) is 25.0 Å². The van der Waals surface area contributed by atoms with Gasteiger partial charge in [0.05, 0.1) is 11.3 Å². The van der Waals surface area contributed by atoms with Crippen LogP contribution < -0.4 is 10.6 Å². The Bertz CT molecular complexity index is 467. The lowest BCUT2D eigenvalue weighted by Crippen LogP contribution is -2.26. The standard InChI is InChI=1S/C17H27N3O/c1-3-18-16-11-13(2)20-12-15(16)17(21)19-10-6-9-14-7-4-5-8-14/h11-12,14H,3-10H2,1-2H3,(H,18,20)(H,19,21). The maximum atomic E-state index is 12.3. The molecule has 0 radical (unpaired) electrons. The highest BCUT2D eigenvalue weighted by atomic mass is 16.1. The molecule has 2 rings (SSSR count). The Morgan fingerprint density at radius 2 is 2.14 bits per heavy atom. The average molecular weight is 289 g/mol. The van der Waals surface area contributed by atoms with Gasteiger partial charge in [-0.15, -0.1) is 0 Å². The van der Waals surface area contributed by atoms with Crippen LogP contribution in [0.1, 0.15) is 61.5 Å². The number of pyridine rings is 1. The first kappa shape index (κ1) is 15.8. The molecule has 0 unspecified atom stereocenters. The van der Waals surface area contributed by atoms with Crippen molar-refractivity contribution in [2.24, 2.45) is 5.92 Å². The van der Waals surface area contributed by atoms with Crippen LogP contribution in [0, 0.1) is 12.8 Å². The van der Waals surface area contributed by atoms with Crippen LogP contribution in [0.5, 0.6) is 0 Å². The summed E-state index contributed by atoms with van der Waals surface area (Å²) in [6, 6.07) is 1.93. The molecule has 1 saturated carbocycles. The molecule has 0 saturated heterocycles. The van der Waals surface area contributed by atoms with Gasteiger partial charge in [-0.2, -0.15) is 0 Å². The van der Waals surface area contributed by atoms with E-state index in [2.05, 4.69) is 15.6 Å². The lowest BCUT2D eigenvalue weighted by molar-refractivity contribution is 0.0953. The minimum absolute atomic E-state index is 0.0233. The maximum absolute atomic E-state index is 12.3. The van der Waals surface area contributed by atoms with Crippen molar-refractivity contribution in [2.45, 2.75) is 52.4 Å². The van der Waals surface area contributed by atoms with E-state index >= 15 is 0 Å². The first-order valence-corrected chi connectivity index (χ1v) is 8.19. The molecule has 2 N–H and O–H groups in total. The molecule has 0 atom stereocenters. The zero-order valence-corrected chi connectivity index (χ0v) is 13.2. The number of aryl methyl sites for hydroxylation is 1. The molecule has 1 fully saturated rings. The monoisotopic (exact) mass is 289 g/mol. The lowest BCUT2D eigenvalue weighted by Gasteiger charge is -2.12. The van der Waals surface area contributed by atoms with Gasteiger partial charge in [0.15, 0.2) is 0 Å². The van der Waals surface area contributed by atoms with Crippen molar-refractivity contribution in [3.05, 3.63) is 23.5 Å². The number of amides is 1. The molecule has 1 aromatic rings. The smallest absolute Gasteiger partial charge is 0.254 e. The number of carbonyl (C=O) groups excluding carboxylic acids is 1. The van der Waals surface area contributed by atoms with Gasteiger partial charge in [0.1, 0.15) is 0 Å². The fourth-order valence-electron chi connectivity index (χ4n) is 3.06. The van der Waals surface area contributed by atoms with E-state index in [0.29, 0.717) is 5.56 Å². The molecule has 1 aliphatic rings. The number of anilines is 1. The number of nitrogens with one attached hydrogen (secondary N) is 2. The van der Waals surface area contributed by atoms with E-state index in [4.69, 9.17) is 0 Å². The summed E-state index contributed by atoms with van der Waals surface area (Å²) in [6.45, 7) is 5.52. The van der Waals surface area contributed by atoms with Crippen molar-refractivity contribution in [3.8, 4) is 0 Å². The van der Waals surface area contributed by atoms with Crippen molar-refractivity contribution in [3.63, 3.8) is 0 Å². The van der Waals surface area contributed by atoms with Gasteiger partial charge >= 0.3 is 0 Å². The Morgan fingerprint density at radius 1 is 1.38 bits per heavy atom. The van der Waals surface area contributed by atoms with Gasteiger partial charge in [0.25, 0.3) is 5.91 Å². The average Bonchev–Trinajstić information content (AvgIpc) is 2.97. The van der Waals surface area contributed by atoms with Crippen LogP contribution in [0.4, 0.5) is 5.69 Å². The third kappa shape index (κ3) is 4.73. The molecule has 1 aromatic heterocycles. The number of hydrogen-bond donors (Lipinski definition) is 2. The molecule has 4 heteroatoms. The van der Waals surface area contributed by atoms with Crippen LogP contribution in [0.25, 0.3) is 0 Å².